The first-order valence-electron chi connectivity index (χ1n) is 4.85. The minimum absolute atomic E-state index is 0.0256. The van der Waals surface area contributed by atoms with Crippen LogP contribution in [0.5, 0.6) is 5.75 Å². The lowest BCUT2D eigenvalue weighted by Crippen LogP contribution is -2.17. The topological polar surface area (TPSA) is 44.4 Å². The molecule has 2 aromatic rings. The van der Waals surface area contributed by atoms with Crippen molar-refractivity contribution >= 4 is 44.9 Å². The zero-order valence-electron chi connectivity index (χ0n) is 9.15. The van der Waals surface area contributed by atoms with Gasteiger partial charge in [0.05, 0.1) is 5.69 Å². The molecule has 1 heterocycles. The predicted octanol–water partition coefficient (Wildman–Crippen LogP) is 3.38. The lowest BCUT2D eigenvalue weighted by Gasteiger charge is -2.07. The van der Waals surface area contributed by atoms with Crippen LogP contribution in [0.1, 0.15) is 5.69 Å². The molecule has 1 aromatic carbocycles. The fourth-order valence-corrected chi connectivity index (χ4v) is 1.88. The third kappa shape index (κ3) is 2.66. The summed E-state index contributed by atoms with van der Waals surface area (Å²) in [5.74, 6) is 0.510. The molecule has 0 spiro atoms. The van der Waals surface area contributed by atoms with Crippen LogP contribution in [0.15, 0.2) is 38.1 Å². The summed E-state index contributed by atoms with van der Waals surface area (Å²) in [6.07, 6.45) is 0. The highest BCUT2D eigenvalue weighted by molar-refractivity contribution is 9.10. The van der Waals surface area contributed by atoms with Gasteiger partial charge in [-0.25, -0.2) is 4.79 Å². The Bertz CT molecular complexity index is 647. The van der Waals surface area contributed by atoms with E-state index in [1.54, 1.807) is 31.2 Å². The minimum Gasteiger partial charge on any atom is -0.430 e. The van der Waals surface area contributed by atoms with Crippen molar-refractivity contribution in [3.05, 3.63) is 49.9 Å². The number of halogens is 2. The molecule has 94 valence electrons. The van der Waals surface area contributed by atoms with Crippen molar-refractivity contribution in [1.29, 1.82) is 0 Å². The number of thiocarbonyl (C=S) groups is 1. The molecule has 0 fully saturated rings. The number of hydrogen-bond donors (Lipinski definition) is 0. The lowest BCUT2D eigenvalue weighted by atomic mass is 10.3. The van der Waals surface area contributed by atoms with Crippen LogP contribution >= 0.6 is 39.7 Å². The smallest absolute Gasteiger partial charge is 0.372 e. The first-order chi connectivity index (χ1) is 8.49. The molecular weight excluding hydrogens is 342 g/mol. The third-order valence-corrected chi connectivity index (χ3v) is 3.56. The first kappa shape index (κ1) is 13.3. The Kier molecular flexibility index (Phi) is 3.89. The molecular formula is C11H7BrClNO3S. The summed E-state index contributed by atoms with van der Waals surface area (Å²) in [4.78, 5) is 11.3. The zero-order chi connectivity index (χ0) is 13.3. The van der Waals surface area contributed by atoms with Crippen molar-refractivity contribution in [3.8, 4) is 5.75 Å². The van der Waals surface area contributed by atoms with Crippen LogP contribution in [0, 0.1) is 6.92 Å². The van der Waals surface area contributed by atoms with Gasteiger partial charge in [0.15, 0.2) is 0 Å². The van der Waals surface area contributed by atoms with Gasteiger partial charge >= 0.3 is 10.8 Å². The van der Waals surface area contributed by atoms with Crippen molar-refractivity contribution in [2.24, 2.45) is 0 Å². The fraction of sp³-hybridized carbons (Fsp3) is 0.0909. The highest BCUT2D eigenvalue weighted by atomic mass is 79.9. The van der Waals surface area contributed by atoms with E-state index in [0.29, 0.717) is 20.9 Å². The van der Waals surface area contributed by atoms with Gasteiger partial charge in [0.25, 0.3) is 0 Å². The summed E-state index contributed by atoms with van der Waals surface area (Å²) in [5.41, 5.74) is 0.0357. The van der Waals surface area contributed by atoms with Gasteiger partial charge in [-0.2, -0.15) is 0 Å². The Hall–Kier alpha value is -1.11. The Labute approximate surface area is 121 Å². The average molecular weight is 349 g/mol. The van der Waals surface area contributed by atoms with Gasteiger partial charge in [0.2, 0.25) is 0 Å². The summed E-state index contributed by atoms with van der Waals surface area (Å²) in [7, 11) is 0. The fourth-order valence-electron chi connectivity index (χ4n) is 1.25. The maximum Gasteiger partial charge on any atom is 0.372 e. The second-order valence-corrected chi connectivity index (χ2v) is 4.97. The number of benzene rings is 1. The second kappa shape index (κ2) is 5.26. The largest absolute Gasteiger partial charge is 0.430 e. The molecule has 0 amide bonds. The van der Waals surface area contributed by atoms with E-state index >= 15 is 0 Å². The SMILES string of the molecule is Cc1c(Br)c(=O)on1C(=S)Oc1ccc(Cl)cc1. The molecule has 0 atom stereocenters. The van der Waals surface area contributed by atoms with E-state index in [0.717, 1.165) is 4.74 Å². The van der Waals surface area contributed by atoms with Gasteiger partial charge in [-0.15, -0.1) is 4.74 Å². The molecule has 0 aliphatic carbocycles. The Morgan fingerprint density at radius 3 is 2.56 bits per heavy atom. The van der Waals surface area contributed by atoms with Crippen molar-refractivity contribution in [3.63, 3.8) is 0 Å². The Balaban J connectivity index is 2.24. The Morgan fingerprint density at radius 2 is 2.06 bits per heavy atom. The van der Waals surface area contributed by atoms with Crippen molar-refractivity contribution in [1.82, 2.24) is 4.74 Å². The van der Waals surface area contributed by atoms with Gasteiger partial charge in [0, 0.05) is 5.02 Å². The highest BCUT2D eigenvalue weighted by Gasteiger charge is 2.15. The number of ether oxygens (including phenoxy) is 1. The normalized spacial score (nSPS) is 10.4. The molecule has 4 nitrogen and oxygen atoms in total. The van der Waals surface area contributed by atoms with Crippen LogP contribution in [0.25, 0.3) is 0 Å². The number of aromatic nitrogens is 1. The van der Waals surface area contributed by atoms with Crippen LogP contribution < -0.4 is 10.4 Å². The molecule has 0 saturated carbocycles. The van der Waals surface area contributed by atoms with Crippen molar-refractivity contribution < 1.29 is 9.26 Å². The van der Waals surface area contributed by atoms with Crippen LogP contribution in [0.3, 0.4) is 0 Å². The maximum atomic E-state index is 11.3. The van der Waals surface area contributed by atoms with Gasteiger partial charge < -0.3 is 9.26 Å². The van der Waals surface area contributed by atoms with Crippen LogP contribution in [0.4, 0.5) is 0 Å². The predicted molar refractivity (Wildman–Crippen MR) is 75.5 cm³/mol. The van der Waals surface area contributed by atoms with E-state index in [-0.39, 0.29) is 5.17 Å². The quantitative estimate of drug-likeness (QED) is 0.741. The molecule has 2 rings (SSSR count). The molecule has 0 aliphatic rings. The summed E-state index contributed by atoms with van der Waals surface area (Å²) in [5, 5.41) is 0.623. The first-order valence-corrected chi connectivity index (χ1v) is 6.43. The number of hydrogen-bond acceptors (Lipinski definition) is 4. The molecule has 1 aromatic heterocycles. The Morgan fingerprint density at radius 1 is 1.44 bits per heavy atom. The minimum atomic E-state index is -0.505. The van der Waals surface area contributed by atoms with E-state index < -0.39 is 5.63 Å². The van der Waals surface area contributed by atoms with Crippen molar-refractivity contribution in [2.75, 3.05) is 0 Å². The number of nitrogens with zero attached hydrogens (tertiary/aromatic N) is 1. The lowest BCUT2D eigenvalue weighted by molar-refractivity contribution is 0.309. The monoisotopic (exact) mass is 347 g/mol. The third-order valence-electron chi connectivity index (χ3n) is 2.16. The molecule has 18 heavy (non-hydrogen) atoms. The van der Waals surface area contributed by atoms with Gasteiger partial charge in [-0.3, -0.25) is 0 Å². The van der Waals surface area contributed by atoms with E-state index in [4.69, 9.17) is 33.1 Å². The summed E-state index contributed by atoms with van der Waals surface area (Å²) >= 11 is 13.9. The molecule has 0 N–H and O–H groups in total. The molecule has 0 unspecified atom stereocenters. The average Bonchev–Trinajstić information content (AvgIpc) is 2.60. The van der Waals surface area contributed by atoms with E-state index in [1.165, 1.54) is 0 Å². The zero-order valence-corrected chi connectivity index (χ0v) is 12.3. The van der Waals surface area contributed by atoms with Crippen molar-refractivity contribution in [2.45, 2.75) is 6.92 Å². The molecule has 0 bridgehead atoms. The van der Waals surface area contributed by atoms with Crippen LogP contribution in [0.2, 0.25) is 5.02 Å². The molecule has 0 radical (unpaired) electrons. The molecule has 0 aliphatic heterocycles. The summed E-state index contributed by atoms with van der Waals surface area (Å²) in [6.45, 7) is 1.69. The summed E-state index contributed by atoms with van der Waals surface area (Å²) < 4.78 is 11.8. The molecule has 0 saturated heterocycles. The van der Waals surface area contributed by atoms with Crippen LogP contribution in [-0.4, -0.2) is 9.91 Å². The molecule has 7 heteroatoms. The van der Waals surface area contributed by atoms with Crippen LogP contribution in [-0.2, 0) is 0 Å². The van der Waals surface area contributed by atoms with Gasteiger partial charge in [-0.1, -0.05) is 11.6 Å². The highest BCUT2D eigenvalue weighted by Crippen LogP contribution is 2.17. The van der Waals surface area contributed by atoms with E-state index in [2.05, 4.69) is 15.9 Å². The second-order valence-electron chi connectivity index (χ2n) is 3.39. The van der Waals surface area contributed by atoms with E-state index in [1.807, 2.05) is 0 Å². The standard InChI is InChI=1S/C11H7BrClNO3S/c1-6-9(12)10(15)17-14(6)11(18)16-8-4-2-7(13)3-5-8/h2-5H,1H3. The van der Waals surface area contributed by atoms with Gasteiger partial charge in [-0.05, 0) is 59.3 Å². The maximum absolute atomic E-state index is 11.3. The van der Waals surface area contributed by atoms with E-state index in [9.17, 15) is 4.79 Å². The number of rotatable bonds is 1. The van der Waals surface area contributed by atoms with Gasteiger partial charge in [0.1, 0.15) is 10.2 Å². The summed E-state index contributed by atoms with van der Waals surface area (Å²) in [6, 6.07) is 6.68.